The number of nitrogens with zero attached hydrogens (tertiary/aromatic N) is 4. The summed E-state index contributed by atoms with van der Waals surface area (Å²) >= 11 is 12.3. The molecular formula is C27H32Cl2F3N5O2. The lowest BCUT2D eigenvalue weighted by atomic mass is 9.76. The lowest BCUT2D eigenvalue weighted by Gasteiger charge is -2.50. The van der Waals surface area contributed by atoms with Gasteiger partial charge in [0.05, 0.1) is 6.04 Å². The molecule has 2 saturated heterocycles. The van der Waals surface area contributed by atoms with Gasteiger partial charge in [0.1, 0.15) is 5.82 Å². The Morgan fingerprint density at radius 3 is 2.38 bits per heavy atom. The zero-order chi connectivity index (χ0) is 28.3. The van der Waals surface area contributed by atoms with Gasteiger partial charge in [0.2, 0.25) is 5.95 Å². The molecular weight excluding hydrogens is 554 g/mol. The van der Waals surface area contributed by atoms with Crippen LogP contribution in [0, 0.1) is 17.8 Å². The molecule has 0 unspecified atom stereocenters. The molecule has 3 heterocycles. The number of alkyl halides is 3. The van der Waals surface area contributed by atoms with Crippen LogP contribution in [-0.4, -0.2) is 53.2 Å². The van der Waals surface area contributed by atoms with Crippen LogP contribution in [-0.2, 0) is 15.8 Å². The SMILES string of the molecule is CC1CC(N2CCC[C@H](C3CN(c4nc(N[C@H](C)c5ccc(Cl)cc5Cl)cc(C(F)(F)F)n4)C3)C2)C1.O=C=O. The van der Waals surface area contributed by atoms with Gasteiger partial charge in [-0.3, -0.25) is 0 Å². The highest BCUT2D eigenvalue weighted by Crippen LogP contribution is 2.39. The molecule has 2 aliphatic heterocycles. The Morgan fingerprint density at radius 2 is 1.77 bits per heavy atom. The molecule has 7 nitrogen and oxygen atoms in total. The Bertz CT molecular complexity index is 1180. The Balaban J connectivity index is 0.00000112. The first-order valence-corrected chi connectivity index (χ1v) is 13.9. The largest absolute Gasteiger partial charge is 0.433 e. The zero-order valence-corrected chi connectivity index (χ0v) is 23.4. The van der Waals surface area contributed by atoms with Crippen molar-refractivity contribution in [3.05, 3.63) is 45.6 Å². The summed E-state index contributed by atoms with van der Waals surface area (Å²) in [6.45, 7) is 7.79. The minimum atomic E-state index is -4.57. The van der Waals surface area contributed by atoms with Crippen LogP contribution in [0.3, 0.4) is 0 Å². The number of halogens is 5. The smallest absolute Gasteiger partial charge is 0.363 e. The first-order valence-electron chi connectivity index (χ1n) is 13.1. The molecule has 3 aliphatic rings. The summed E-state index contributed by atoms with van der Waals surface area (Å²) < 4.78 is 41.0. The van der Waals surface area contributed by atoms with Crippen molar-refractivity contribution in [1.29, 1.82) is 0 Å². The molecule has 1 aliphatic carbocycles. The molecule has 2 aromatic rings. The average molecular weight is 586 g/mol. The number of hydrogen-bond acceptors (Lipinski definition) is 7. The molecule has 0 radical (unpaired) electrons. The van der Waals surface area contributed by atoms with Crippen LogP contribution in [0.25, 0.3) is 0 Å². The van der Waals surface area contributed by atoms with Crippen LogP contribution in [0.15, 0.2) is 24.3 Å². The molecule has 1 aromatic heterocycles. The summed E-state index contributed by atoms with van der Waals surface area (Å²) in [5.74, 6) is 2.12. The highest BCUT2D eigenvalue weighted by Gasteiger charge is 2.41. The number of rotatable bonds is 6. The third-order valence-electron chi connectivity index (χ3n) is 8.01. The molecule has 1 N–H and O–H groups in total. The van der Waals surface area contributed by atoms with Crippen molar-refractivity contribution in [2.24, 2.45) is 17.8 Å². The van der Waals surface area contributed by atoms with Crippen molar-refractivity contribution in [2.75, 3.05) is 36.4 Å². The van der Waals surface area contributed by atoms with Crippen LogP contribution < -0.4 is 10.2 Å². The highest BCUT2D eigenvalue weighted by atomic mass is 35.5. The molecule has 0 amide bonds. The molecule has 2 atom stereocenters. The van der Waals surface area contributed by atoms with E-state index >= 15 is 0 Å². The molecule has 212 valence electrons. The molecule has 1 aromatic carbocycles. The fraction of sp³-hybridized carbons (Fsp3) is 0.593. The molecule has 0 spiro atoms. The number of carbonyl (C=O) groups excluding carboxylic acids is 2. The lowest BCUT2D eigenvalue weighted by Crippen LogP contribution is -2.56. The Kier molecular flexibility index (Phi) is 9.42. The van der Waals surface area contributed by atoms with Crippen molar-refractivity contribution >= 4 is 41.1 Å². The lowest BCUT2D eigenvalue weighted by molar-refractivity contribution is -0.191. The van der Waals surface area contributed by atoms with E-state index in [0.717, 1.165) is 30.1 Å². The maximum atomic E-state index is 13.7. The van der Waals surface area contributed by atoms with Gasteiger partial charge in [-0.1, -0.05) is 36.2 Å². The van der Waals surface area contributed by atoms with Crippen molar-refractivity contribution in [3.8, 4) is 0 Å². The number of benzene rings is 1. The standard InChI is InChI=1S/C26H32Cl2F3N5.CO2/c1-15-8-20(9-15)35-7-3-4-17(12-35)18-13-36(14-18)25-33-23(26(29,30)31)11-24(34-25)32-16(2)21-6-5-19(27)10-22(21)28;2-1-3/h5-6,10-11,15-18,20H,3-4,7-9,12-14H2,1-2H3,(H,32,33,34);/t15?,16-,17+,20?;/m1./s1. The fourth-order valence-electron chi connectivity index (χ4n) is 5.84. The van der Waals surface area contributed by atoms with Gasteiger partial charge >= 0.3 is 12.3 Å². The van der Waals surface area contributed by atoms with E-state index in [1.807, 2.05) is 11.8 Å². The monoisotopic (exact) mass is 585 g/mol. The summed E-state index contributed by atoms with van der Waals surface area (Å²) in [5.41, 5.74) is -0.225. The Labute approximate surface area is 236 Å². The van der Waals surface area contributed by atoms with Gasteiger partial charge in [0.15, 0.2) is 5.69 Å². The number of nitrogens with one attached hydrogen (secondary N) is 1. The Hall–Kier alpha value is -2.39. The van der Waals surface area contributed by atoms with Crippen molar-refractivity contribution in [3.63, 3.8) is 0 Å². The second-order valence-corrected chi connectivity index (χ2v) is 11.7. The predicted octanol–water partition coefficient (Wildman–Crippen LogP) is 6.34. The maximum Gasteiger partial charge on any atom is 0.433 e. The minimum absolute atomic E-state index is 0.122. The topological polar surface area (TPSA) is 78.4 Å². The van der Waals surface area contributed by atoms with E-state index in [-0.39, 0.29) is 24.0 Å². The normalized spacial score (nSPS) is 24.5. The third kappa shape index (κ3) is 7.23. The fourth-order valence-corrected chi connectivity index (χ4v) is 6.41. The van der Waals surface area contributed by atoms with Crippen LogP contribution in [0.2, 0.25) is 10.0 Å². The van der Waals surface area contributed by atoms with Crippen LogP contribution >= 0.6 is 23.2 Å². The van der Waals surface area contributed by atoms with Gasteiger partial charge in [-0.25, -0.2) is 4.98 Å². The molecule has 1 saturated carbocycles. The average Bonchev–Trinajstić information content (AvgIpc) is 2.81. The van der Waals surface area contributed by atoms with E-state index in [2.05, 4.69) is 27.1 Å². The second kappa shape index (κ2) is 12.4. The van der Waals surface area contributed by atoms with Crippen molar-refractivity contribution in [1.82, 2.24) is 14.9 Å². The van der Waals surface area contributed by atoms with E-state index in [4.69, 9.17) is 32.8 Å². The first kappa shape index (κ1) is 29.6. The quantitative estimate of drug-likeness (QED) is 0.424. The van der Waals surface area contributed by atoms with Crippen LogP contribution in [0.5, 0.6) is 0 Å². The molecule has 0 bridgehead atoms. The Morgan fingerprint density at radius 1 is 1.08 bits per heavy atom. The van der Waals surface area contributed by atoms with Crippen LogP contribution in [0.1, 0.15) is 56.8 Å². The first-order chi connectivity index (χ1) is 18.5. The number of piperidine rings is 1. The van der Waals surface area contributed by atoms with Gasteiger partial charge in [-0.05, 0) is 74.6 Å². The third-order valence-corrected chi connectivity index (χ3v) is 8.57. The van der Waals surface area contributed by atoms with E-state index in [9.17, 15) is 13.2 Å². The van der Waals surface area contributed by atoms with Crippen LogP contribution in [0.4, 0.5) is 24.9 Å². The van der Waals surface area contributed by atoms with Crippen molar-refractivity contribution < 1.29 is 22.8 Å². The number of anilines is 2. The maximum absolute atomic E-state index is 13.7. The summed E-state index contributed by atoms with van der Waals surface area (Å²) in [7, 11) is 0. The van der Waals surface area contributed by atoms with E-state index < -0.39 is 11.9 Å². The summed E-state index contributed by atoms with van der Waals surface area (Å²) in [6.07, 6.45) is 0.648. The van der Waals surface area contributed by atoms with Gasteiger partial charge in [0.25, 0.3) is 0 Å². The predicted molar refractivity (Wildman–Crippen MR) is 143 cm³/mol. The highest BCUT2D eigenvalue weighted by molar-refractivity contribution is 6.35. The molecule has 39 heavy (non-hydrogen) atoms. The van der Waals surface area contributed by atoms with Gasteiger partial charge in [-0.2, -0.15) is 27.7 Å². The number of hydrogen-bond donors (Lipinski definition) is 1. The van der Waals surface area contributed by atoms with Gasteiger partial charge < -0.3 is 15.1 Å². The van der Waals surface area contributed by atoms with Gasteiger partial charge in [0, 0.05) is 41.8 Å². The second-order valence-electron chi connectivity index (χ2n) is 10.8. The molecule has 12 heteroatoms. The number of likely N-dealkylation sites (tertiary alicyclic amines) is 1. The van der Waals surface area contributed by atoms with Gasteiger partial charge in [-0.15, -0.1) is 0 Å². The van der Waals surface area contributed by atoms with E-state index in [1.54, 1.807) is 18.2 Å². The van der Waals surface area contributed by atoms with E-state index in [0.29, 0.717) is 35.0 Å². The van der Waals surface area contributed by atoms with E-state index in [1.165, 1.54) is 32.2 Å². The van der Waals surface area contributed by atoms with Crippen molar-refractivity contribution in [2.45, 2.75) is 57.8 Å². The summed E-state index contributed by atoms with van der Waals surface area (Å²) in [6, 6.07) is 6.38. The molecule has 5 rings (SSSR count). The minimum Gasteiger partial charge on any atom is -0.363 e. The zero-order valence-electron chi connectivity index (χ0n) is 21.8. The molecule has 3 fully saturated rings. The summed E-state index contributed by atoms with van der Waals surface area (Å²) in [4.78, 5) is 29.1. The summed E-state index contributed by atoms with van der Waals surface area (Å²) in [5, 5.41) is 4.01. The number of aromatic nitrogens is 2.